The summed E-state index contributed by atoms with van der Waals surface area (Å²) in [7, 11) is 4.70. The molecule has 164 valence electrons. The fourth-order valence-electron chi connectivity index (χ4n) is 3.56. The molecule has 2 aromatic rings. The predicted molar refractivity (Wildman–Crippen MR) is 119 cm³/mol. The number of para-hydroxylation sites is 1. The van der Waals surface area contributed by atoms with E-state index in [1.807, 2.05) is 24.3 Å². The van der Waals surface area contributed by atoms with E-state index in [9.17, 15) is 9.59 Å². The van der Waals surface area contributed by atoms with Crippen molar-refractivity contribution in [2.24, 2.45) is 0 Å². The molecule has 2 aromatic carbocycles. The third kappa shape index (κ3) is 5.57. The minimum absolute atomic E-state index is 0.0165. The largest absolute Gasteiger partial charge is 0.496 e. The van der Waals surface area contributed by atoms with Gasteiger partial charge < -0.3 is 24.4 Å². The maximum atomic E-state index is 12.6. The fraction of sp³-hybridized carbons (Fsp3) is 0.333. The Morgan fingerprint density at radius 1 is 0.935 bits per heavy atom. The van der Waals surface area contributed by atoms with Crippen molar-refractivity contribution in [1.82, 2.24) is 10.2 Å². The molecule has 2 amide bonds. The van der Waals surface area contributed by atoms with E-state index in [1.165, 1.54) is 7.11 Å². The average molecular weight is 424 g/mol. The molecule has 0 atom stereocenters. The number of nitrogens with zero attached hydrogens (tertiary/aromatic N) is 1. The van der Waals surface area contributed by atoms with Crippen LogP contribution in [-0.2, 0) is 4.79 Å². The number of carbonyl (C=O) groups excluding carboxylic acids is 2. The van der Waals surface area contributed by atoms with Gasteiger partial charge in [-0.25, -0.2) is 0 Å². The Bertz CT molecular complexity index is 949. The van der Waals surface area contributed by atoms with Gasteiger partial charge in [-0.3, -0.25) is 9.59 Å². The van der Waals surface area contributed by atoms with Crippen molar-refractivity contribution in [3.8, 4) is 17.2 Å². The topological polar surface area (TPSA) is 77.1 Å². The lowest BCUT2D eigenvalue weighted by molar-refractivity contribution is -0.126. The van der Waals surface area contributed by atoms with Gasteiger partial charge in [-0.1, -0.05) is 18.2 Å². The first-order valence-corrected chi connectivity index (χ1v) is 10.2. The molecular formula is C24H28N2O5. The number of ether oxygens (including phenoxy) is 3. The molecule has 1 saturated heterocycles. The van der Waals surface area contributed by atoms with Crippen molar-refractivity contribution in [2.45, 2.75) is 18.9 Å². The van der Waals surface area contributed by atoms with E-state index in [1.54, 1.807) is 49.5 Å². The summed E-state index contributed by atoms with van der Waals surface area (Å²) in [6.07, 6.45) is 4.74. The molecule has 1 N–H and O–H groups in total. The highest BCUT2D eigenvalue weighted by atomic mass is 16.5. The molecule has 0 radical (unpaired) electrons. The Hall–Kier alpha value is -3.48. The highest BCUT2D eigenvalue weighted by Gasteiger charge is 2.23. The van der Waals surface area contributed by atoms with Gasteiger partial charge in [0.2, 0.25) is 5.91 Å². The van der Waals surface area contributed by atoms with E-state index in [0.29, 0.717) is 43.0 Å². The van der Waals surface area contributed by atoms with Crippen molar-refractivity contribution in [1.29, 1.82) is 0 Å². The normalized spacial score (nSPS) is 14.4. The molecule has 1 aliphatic rings. The van der Waals surface area contributed by atoms with Crippen molar-refractivity contribution in [3.63, 3.8) is 0 Å². The van der Waals surface area contributed by atoms with Gasteiger partial charge in [-0.2, -0.15) is 0 Å². The average Bonchev–Trinajstić information content (AvgIpc) is 2.82. The molecule has 1 fully saturated rings. The Morgan fingerprint density at radius 2 is 1.61 bits per heavy atom. The summed E-state index contributed by atoms with van der Waals surface area (Å²) in [5.74, 6) is 1.60. The summed E-state index contributed by atoms with van der Waals surface area (Å²) < 4.78 is 15.8. The highest BCUT2D eigenvalue weighted by molar-refractivity contribution is 5.95. The number of carbonyl (C=O) groups is 2. The molecule has 1 heterocycles. The zero-order chi connectivity index (χ0) is 22.2. The van der Waals surface area contributed by atoms with Crippen molar-refractivity contribution >= 4 is 17.9 Å². The van der Waals surface area contributed by atoms with Gasteiger partial charge in [0.15, 0.2) is 11.5 Å². The van der Waals surface area contributed by atoms with Gasteiger partial charge in [0.1, 0.15) is 5.75 Å². The van der Waals surface area contributed by atoms with Gasteiger partial charge in [0, 0.05) is 36.3 Å². The quantitative estimate of drug-likeness (QED) is 0.691. The van der Waals surface area contributed by atoms with Crippen LogP contribution in [0.3, 0.4) is 0 Å². The molecule has 0 unspecified atom stereocenters. The van der Waals surface area contributed by atoms with Crippen LogP contribution in [-0.4, -0.2) is 57.2 Å². The van der Waals surface area contributed by atoms with Gasteiger partial charge in [0.05, 0.1) is 21.3 Å². The van der Waals surface area contributed by atoms with Crippen molar-refractivity contribution in [2.75, 3.05) is 34.4 Å². The van der Waals surface area contributed by atoms with E-state index < -0.39 is 0 Å². The first-order valence-electron chi connectivity index (χ1n) is 10.2. The smallest absolute Gasteiger partial charge is 0.251 e. The minimum atomic E-state index is -0.165. The monoisotopic (exact) mass is 424 g/mol. The molecule has 31 heavy (non-hydrogen) atoms. The van der Waals surface area contributed by atoms with E-state index >= 15 is 0 Å². The van der Waals surface area contributed by atoms with Crippen molar-refractivity contribution in [3.05, 3.63) is 59.7 Å². The highest BCUT2D eigenvalue weighted by Crippen LogP contribution is 2.27. The number of hydrogen-bond acceptors (Lipinski definition) is 5. The lowest BCUT2D eigenvalue weighted by Crippen LogP contribution is -2.46. The van der Waals surface area contributed by atoms with Crippen LogP contribution in [0.25, 0.3) is 6.08 Å². The number of piperidine rings is 1. The Labute approximate surface area is 182 Å². The van der Waals surface area contributed by atoms with E-state index in [0.717, 1.165) is 11.3 Å². The van der Waals surface area contributed by atoms with E-state index in [4.69, 9.17) is 14.2 Å². The zero-order valence-electron chi connectivity index (χ0n) is 18.1. The van der Waals surface area contributed by atoms with Gasteiger partial charge >= 0.3 is 0 Å². The number of rotatable bonds is 7. The molecular weight excluding hydrogens is 396 g/mol. The molecule has 0 bridgehead atoms. The van der Waals surface area contributed by atoms with Crippen LogP contribution >= 0.6 is 0 Å². The van der Waals surface area contributed by atoms with Crippen LogP contribution < -0.4 is 19.5 Å². The Morgan fingerprint density at radius 3 is 2.29 bits per heavy atom. The second-order valence-corrected chi connectivity index (χ2v) is 7.22. The Kier molecular flexibility index (Phi) is 7.54. The molecule has 7 heteroatoms. The van der Waals surface area contributed by atoms with Crippen LogP contribution in [0, 0.1) is 0 Å². The van der Waals surface area contributed by atoms with E-state index in [-0.39, 0.29) is 17.9 Å². The third-order valence-electron chi connectivity index (χ3n) is 5.33. The fourth-order valence-corrected chi connectivity index (χ4v) is 3.56. The maximum Gasteiger partial charge on any atom is 0.251 e. The van der Waals surface area contributed by atoms with Crippen LogP contribution in [0.15, 0.2) is 48.5 Å². The van der Waals surface area contributed by atoms with Crippen molar-refractivity contribution < 1.29 is 23.8 Å². The molecule has 7 nitrogen and oxygen atoms in total. The van der Waals surface area contributed by atoms with Crippen LogP contribution in [0.5, 0.6) is 17.2 Å². The summed E-state index contributed by atoms with van der Waals surface area (Å²) in [5, 5.41) is 3.05. The molecule has 3 rings (SSSR count). The zero-order valence-corrected chi connectivity index (χ0v) is 18.1. The van der Waals surface area contributed by atoms with E-state index in [2.05, 4.69) is 5.32 Å². The third-order valence-corrected chi connectivity index (χ3v) is 5.33. The second kappa shape index (κ2) is 10.5. The number of nitrogens with one attached hydrogen (secondary N) is 1. The molecule has 0 aliphatic carbocycles. The summed E-state index contributed by atoms with van der Waals surface area (Å²) >= 11 is 0. The molecule has 1 aliphatic heterocycles. The summed E-state index contributed by atoms with van der Waals surface area (Å²) in [6, 6.07) is 12.6. The summed E-state index contributed by atoms with van der Waals surface area (Å²) in [5.41, 5.74) is 1.37. The number of amides is 2. The number of benzene rings is 2. The van der Waals surface area contributed by atoms with Crippen LogP contribution in [0.2, 0.25) is 0 Å². The maximum absolute atomic E-state index is 12.6. The first kappa shape index (κ1) is 22.2. The molecule has 0 saturated carbocycles. The lowest BCUT2D eigenvalue weighted by Gasteiger charge is -2.31. The number of methoxy groups -OCH3 is 3. The standard InChI is InChI=1S/C24H28N2O5/c1-29-20-7-5-4-6-17(20)9-11-23(27)26-14-12-19(13-15-26)25-24(28)18-8-10-21(30-2)22(16-18)31-3/h4-11,16,19H,12-15H2,1-3H3,(H,25,28)/b11-9+. The van der Waals surface area contributed by atoms with Crippen LogP contribution in [0.4, 0.5) is 0 Å². The van der Waals surface area contributed by atoms with Gasteiger partial charge in [-0.15, -0.1) is 0 Å². The predicted octanol–water partition coefficient (Wildman–Crippen LogP) is 3.15. The first-order chi connectivity index (χ1) is 15.0. The SMILES string of the molecule is COc1ccccc1/C=C/C(=O)N1CCC(NC(=O)c2ccc(OC)c(OC)c2)CC1. The number of hydrogen-bond donors (Lipinski definition) is 1. The summed E-state index contributed by atoms with van der Waals surface area (Å²) in [6.45, 7) is 1.18. The van der Waals surface area contributed by atoms with Crippen LogP contribution in [0.1, 0.15) is 28.8 Å². The summed E-state index contributed by atoms with van der Waals surface area (Å²) in [4.78, 5) is 26.9. The van der Waals surface area contributed by atoms with Gasteiger partial charge in [-0.05, 0) is 43.2 Å². The molecule has 0 aromatic heterocycles. The Balaban J connectivity index is 1.53. The lowest BCUT2D eigenvalue weighted by atomic mass is 10.0. The minimum Gasteiger partial charge on any atom is -0.496 e. The number of likely N-dealkylation sites (tertiary alicyclic amines) is 1. The van der Waals surface area contributed by atoms with Gasteiger partial charge in [0.25, 0.3) is 5.91 Å². The second-order valence-electron chi connectivity index (χ2n) is 7.22. The molecule has 0 spiro atoms.